The van der Waals surface area contributed by atoms with Gasteiger partial charge in [0.15, 0.2) is 0 Å². The van der Waals surface area contributed by atoms with E-state index in [1.165, 1.54) is 0 Å². The first kappa shape index (κ1) is 13.4. The standard InChI is InChI=1S/C14H15N5O2/c1-10-4-2-3-5-12(10)14-15-13(21-17-14)9-19-8-11(6-7-20)16-18-19/h2-5,8,20H,6-7,9H2,1H3. The van der Waals surface area contributed by atoms with E-state index >= 15 is 0 Å². The summed E-state index contributed by atoms with van der Waals surface area (Å²) < 4.78 is 6.86. The maximum Gasteiger partial charge on any atom is 0.248 e. The molecule has 0 fully saturated rings. The number of aromatic nitrogens is 5. The summed E-state index contributed by atoms with van der Waals surface area (Å²) in [5.74, 6) is 1.03. The van der Waals surface area contributed by atoms with Gasteiger partial charge < -0.3 is 9.63 Å². The molecule has 0 radical (unpaired) electrons. The Morgan fingerprint density at radius 1 is 1.29 bits per heavy atom. The van der Waals surface area contributed by atoms with Gasteiger partial charge in [0.2, 0.25) is 11.7 Å². The third-order valence-corrected chi connectivity index (χ3v) is 3.11. The van der Waals surface area contributed by atoms with Crippen LogP contribution in [-0.2, 0) is 13.0 Å². The van der Waals surface area contributed by atoms with Gasteiger partial charge in [-0.25, -0.2) is 4.68 Å². The zero-order chi connectivity index (χ0) is 14.7. The van der Waals surface area contributed by atoms with Crippen LogP contribution >= 0.6 is 0 Å². The van der Waals surface area contributed by atoms with Crippen LogP contribution in [0.2, 0.25) is 0 Å². The summed E-state index contributed by atoms with van der Waals surface area (Å²) in [4.78, 5) is 4.38. The fourth-order valence-electron chi connectivity index (χ4n) is 2.04. The van der Waals surface area contributed by atoms with Gasteiger partial charge in [0.1, 0.15) is 6.54 Å². The van der Waals surface area contributed by atoms with Crippen molar-refractivity contribution in [3.8, 4) is 11.4 Å². The van der Waals surface area contributed by atoms with Crippen LogP contribution in [0.5, 0.6) is 0 Å². The van der Waals surface area contributed by atoms with Crippen LogP contribution in [-0.4, -0.2) is 36.8 Å². The van der Waals surface area contributed by atoms with Gasteiger partial charge in [0, 0.05) is 24.8 Å². The van der Waals surface area contributed by atoms with Crippen LogP contribution < -0.4 is 0 Å². The fraction of sp³-hybridized carbons (Fsp3) is 0.286. The lowest BCUT2D eigenvalue weighted by Crippen LogP contribution is -2.00. The molecule has 2 heterocycles. The Hall–Kier alpha value is -2.54. The lowest BCUT2D eigenvalue weighted by atomic mass is 10.1. The zero-order valence-electron chi connectivity index (χ0n) is 11.6. The Kier molecular flexibility index (Phi) is 3.74. The first-order valence-electron chi connectivity index (χ1n) is 6.64. The number of benzene rings is 1. The minimum Gasteiger partial charge on any atom is -0.396 e. The second kappa shape index (κ2) is 5.84. The van der Waals surface area contributed by atoms with E-state index in [1.54, 1.807) is 10.9 Å². The van der Waals surface area contributed by atoms with Crippen molar-refractivity contribution in [1.82, 2.24) is 25.1 Å². The van der Waals surface area contributed by atoms with Crippen LogP contribution in [0.3, 0.4) is 0 Å². The molecule has 0 bridgehead atoms. The monoisotopic (exact) mass is 285 g/mol. The number of nitrogens with zero attached hydrogens (tertiary/aromatic N) is 5. The van der Waals surface area contributed by atoms with Gasteiger partial charge >= 0.3 is 0 Å². The first-order valence-corrected chi connectivity index (χ1v) is 6.64. The average Bonchev–Trinajstić information content (AvgIpc) is 3.10. The molecular weight excluding hydrogens is 270 g/mol. The molecule has 21 heavy (non-hydrogen) atoms. The van der Waals surface area contributed by atoms with Crippen LogP contribution in [0.15, 0.2) is 35.0 Å². The molecule has 0 unspecified atom stereocenters. The molecule has 2 aromatic heterocycles. The maximum atomic E-state index is 8.86. The van der Waals surface area contributed by atoms with E-state index < -0.39 is 0 Å². The number of hydrogen-bond donors (Lipinski definition) is 1. The summed E-state index contributed by atoms with van der Waals surface area (Å²) >= 11 is 0. The molecular formula is C14H15N5O2. The molecule has 0 aliphatic carbocycles. The fourth-order valence-corrected chi connectivity index (χ4v) is 2.04. The molecule has 0 aliphatic heterocycles. The van der Waals surface area contributed by atoms with Crippen molar-refractivity contribution in [2.45, 2.75) is 19.9 Å². The van der Waals surface area contributed by atoms with Crippen LogP contribution in [0.25, 0.3) is 11.4 Å². The predicted molar refractivity (Wildman–Crippen MR) is 74.4 cm³/mol. The minimum absolute atomic E-state index is 0.0523. The van der Waals surface area contributed by atoms with Gasteiger partial charge in [-0.05, 0) is 12.5 Å². The average molecular weight is 285 g/mol. The van der Waals surface area contributed by atoms with Crippen molar-refractivity contribution in [1.29, 1.82) is 0 Å². The van der Waals surface area contributed by atoms with Gasteiger partial charge in [0.25, 0.3) is 0 Å². The van der Waals surface area contributed by atoms with Crippen molar-refractivity contribution in [2.75, 3.05) is 6.61 Å². The quantitative estimate of drug-likeness (QED) is 0.758. The van der Waals surface area contributed by atoms with Crippen LogP contribution in [0.4, 0.5) is 0 Å². The summed E-state index contributed by atoms with van der Waals surface area (Å²) in [6.45, 7) is 2.41. The number of hydrogen-bond acceptors (Lipinski definition) is 6. The molecule has 0 saturated carbocycles. The van der Waals surface area contributed by atoms with E-state index in [0.29, 0.717) is 24.7 Å². The highest BCUT2D eigenvalue weighted by Gasteiger charge is 2.11. The molecule has 7 nitrogen and oxygen atoms in total. The third-order valence-electron chi connectivity index (χ3n) is 3.11. The molecule has 3 rings (SSSR count). The van der Waals surface area contributed by atoms with Crippen LogP contribution in [0, 0.1) is 6.92 Å². The predicted octanol–water partition coefficient (Wildman–Crippen LogP) is 1.22. The highest BCUT2D eigenvalue weighted by Crippen LogP contribution is 2.19. The zero-order valence-corrected chi connectivity index (χ0v) is 11.6. The summed E-state index contributed by atoms with van der Waals surface area (Å²) in [5.41, 5.74) is 2.78. The van der Waals surface area contributed by atoms with E-state index in [2.05, 4.69) is 20.5 Å². The third kappa shape index (κ3) is 2.97. The highest BCUT2D eigenvalue weighted by atomic mass is 16.5. The molecule has 7 heteroatoms. The molecule has 0 spiro atoms. The van der Waals surface area contributed by atoms with E-state index in [-0.39, 0.29) is 6.61 Å². The van der Waals surface area contributed by atoms with Gasteiger partial charge in [0.05, 0.1) is 5.69 Å². The normalized spacial score (nSPS) is 11.0. The molecule has 0 saturated heterocycles. The largest absolute Gasteiger partial charge is 0.396 e. The van der Waals surface area contributed by atoms with E-state index in [4.69, 9.17) is 9.63 Å². The minimum atomic E-state index is 0.0523. The lowest BCUT2D eigenvalue weighted by molar-refractivity contribution is 0.298. The lowest BCUT2D eigenvalue weighted by Gasteiger charge is -1.98. The highest BCUT2D eigenvalue weighted by molar-refractivity contribution is 5.58. The Bertz CT molecular complexity index is 734. The summed E-state index contributed by atoms with van der Waals surface area (Å²) in [6.07, 6.45) is 2.24. The maximum absolute atomic E-state index is 8.86. The van der Waals surface area contributed by atoms with E-state index in [0.717, 1.165) is 16.8 Å². The van der Waals surface area contributed by atoms with Crippen molar-refractivity contribution in [3.05, 3.63) is 47.6 Å². The van der Waals surface area contributed by atoms with Crippen molar-refractivity contribution < 1.29 is 9.63 Å². The van der Waals surface area contributed by atoms with E-state index in [9.17, 15) is 0 Å². The van der Waals surface area contributed by atoms with Crippen molar-refractivity contribution in [3.63, 3.8) is 0 Å². The van der Waals surface area contributed by atoms with Crippen LogP contribution in [0.1, 0.15) is 17.1 Å². The van der Waals surface area contributed by atoms with Gasteiger partial charge in [-0.1, -0.05) is 34.6 Å². The van der Waals surface area contributed by atoms with Crippen molar-refractivity contribution >= 4 is 0 Å². The molecule has 1 aromatic carbocycles. The topological polar surface area (TPSA) is 89.9 Å². The number of aliphatic hydroxyl groups is 1. The molecule has 0 atom stereocenters. The smallest absolute Gasteiger partial charge is 0.248 e. The van der Waals surface area contributed by atoms with E-state index in [1.807, 2.05) is 31.2 Å². The second-order valence-corrected chi connectivity index (χ2v) is 4.71. The Labute approximate surface area is 121 Å². The Morgan fingerprint density at radius 2 is 2.14 bits per heavy atom. The summed E-state index contributed by atoms with van der Waals surface area (Å²) in [5, 5.41) is 20.8. The van der Waals surface area contributed by atoms with Gasteiger partial charge in [-0.3, -0.25) is 0 Å². The molecule has 1 N–H and O–H groups in total. The molecule has 0 aliphatic rings. The second-order valence-electron chi connectivity index (χ2n) is 4.71. The number of aliphatic hydroxyl groups excluding tert-OH is 1. The number of rotatable bonds is 5. The Morgan fingerprint density at radius 3 is 2.95 bits per heavy atom. The SMILES string of the molecule is Cc1ccccc1-c1noc(Cn2cc(CCO)nn2)n1. The molecule has 108 valence electrons. The summed E-state index contributed by atoms with van der Waals surface area (Å²) in [6, 6.07) is 7.87. The first-order chi connectivity index (χ1) is 10.3. The van der Waals surface area contributed by atoms with Gasteiger partial charge in [-0.2, -0.15) is 4.98 Å². The number of aryl methyl sites for hydroxylation is 1. The van der Waals surface area contributed by atoms with Crippen molar-refractivity contribution in [2.24, 2.45) is 0 Å². The van der Waals surface area contributed by atoms with Gasteiger partial charge in [-0.15, -0.1) is 5.10 Å². The molecule has 3 aromatic rings. The Balaban J connectivity index is 1.77. The summed E-state index contributed by atoms with van der Waals surface area (Å²) in [7, 11) is 0. The molecule has 0 amide bonds.